The Labute approximate surface area is 82.8 Å². The molecule has 13 heavy (non-hydrogen) atoms. The largest absolute Gasteiger partial charge is 0.382 e. The van der Waals surface area contributed by atoms with Gasteiger partial charge in [0.15, 0.2) is 0 Å². The van der Waals surface area contributed by atoms with Crippen molar-refractivity contribution in [1.82, 2.24) is 0 Å². The first kappa shape index (κ1) is 12.9. The molecule has 0 aliphatic heterocycles. The number of ether oxygens (including phenoxy) is 1. The lowest BCUT2D eigenvalue weighted by molar-refractivity contribution is 0.129. The average Bonchev–Trinajstić information content (AvgIpc) is 2.02. The standard InChI is InChI=1S/C11H25NO/c1-5-13-8-6-7-10(9-12)11(2,3)4/h10H,5-9,12H2,1-4H3. The molecule has 0 aromatic rings. The highest BCUT2D eigenvalue weighted by molar-refractivity contribution is 4.74. The zero-order valence-corrected chi connectivity index (χ0v) is 9.60. The van der Waals surface area contributed by atoms with Gasteiger partial charge in [0.25, 0.3) is 0 Å². The summed E-state index contributed by atoms with van der Waals surface area (Å²) in [6, 6.07) is 0. The van der Waals surface area contributed by atoms with Gasteiger partial charge in [-0.05, 0) is 37.6 Å². The van der Waals surface area contributed by atoms with E-state index >= 15 is 0 Å². The summed E-state index contributed by atoms with van der Waals surface area (Å²) in [7, 11) is 0. The highest BCUT2D eigenvalue weighted by Gasteiger charge is 2.22. The van der Waals surface area contributed by atoms with Crippen LogP contribution in [0.2, 0.25) is 0 Å². The average molecular weight is 187 g/mol. The van der Waals surface area contributed by atoms with Gasteiger partial charge in [-0.25, -0.2) is 0 Å². The maximum Gasteiger partial charge on any atom is 0.0466 e. The van der Waals surface area contributed by atoms with Crippen LogP contribution < -0.4 is 5.73 Å². The fourth-order valence-electron chi connectivity index (χ4n) is 1.48. The molecule has 0 amide bonds. The van der Waals surface area contributed by atoms with Crippen molar-refractivity contribution in [2.24, 2.45) is 17.1 Å². The van der Waals surface area contributed by atoms with Gasteiger partial charge in [-0.2, -0.15) is 0 Å². The molecular weight excluding hydrogens is 162 g/mol. The third-order valence-electron chi connectivity index (χ3n) is 2.55. The predicted octanol–water partition coefficient (Wildman–Crippen LogP) is 2.42. The van der Waals surface area contributed by atoms with Crippen LogP contribution in [0.25, 0.3) is 0 Å². The van der Waals surface area contributed by atoms with Crippen LogP contribution in [0.1, 0.15) is 40.5 Å². The second-order valence-corrected chi connectivity index (χ2v) is 4.64. The minimum absolute atomic E-state index is 0.334. The number of rotatable bonds is 6. The van der Waals surface area contributed by atoms with E-state index in [2.05, 4.69) is 20.8 Å². The van der Waals surface area contributed by atoms with Crippen LogP contribution in [-0.2, 0) is 4.74 Å². The highest BCUT2D eigenvalue weighted by atomic mass is 16.5. The Bertz CT molecular complexity index is 118. The zero-order valence-electron chi connectivity index (χ0n) is 9.60. The van der Waals surface area contributed by atoms with E-state index in [1.54, 1.807) is 0 Å². The number of hydrogen-bond donors (Lipinski definition) is 1. The van der Waals surface area contributed by atoms with Crippen LogP contribution in [0.4, 0.5) is 0 Å². The molecule has 0 aromatic heterocycles. The lowest BCUT2D eigenvalue weighted by Crippen LogP contribution is -2.28. The number of nitrogens with two attached hydrogens (primary N) is 1. The van der Waals surface area contributed by atoms with Gasteiger partial charge in [0.2, 0.25) is 0 Å². The Kier molecular flexibility index (Phi) is 6.35. The Morgan fingerprint density at radius 2 is 1.92 bits per heavy atom. The fraction of sp³-hybridized carbons (Fsp3) is 1.00. The molecule has 2 nitrogen and oxygen atoms in total. The molecule has 0 heterocycles. The van der Waals surface area contributed by atoms with Crippen LogP contribution in [0.3, 0.4) is 0 Å². The molecule has 2 heteroatoms. The Morgan fingerprint density at radius 1 is 1.31 bits per heavy atom. The molecule has 0 bridgehead atoms. The second-order valence-electron chi connectivity index (χ2n) is 4.64. The minimum Gasteiger partial charge on any atom is -0.382 e. The minimum atomic E-state index is 0.334. The van der Waals surface area contributed by atoms with Crippen molar-refractivity contribution in [3.8, 4) is 0 Å². The molecule has 0 rings (SSSR count). The van der Waals surface area contributed by atoms with E-state index in [0.29, 0.717) is 11.3 Å². The molecule has 2 N–H and O–H groups in total. The summed E-state index contributed by atoms with van der Waals surface area (Å²) >= 11 is 0. The number of hydrogen-bond acceptors (Lipinski definition) is 2. The van der Waals surface area contributed by atoms with Crippen LogP contribution in [0.15, 0.2) is 0 Å². The summed E-state index contributed by atoms with van der Waals surface area (Å²) in [6.45, 7) is 11.3. The lowest BCUT2D eigenvalue weighted by atomic mass is 9.78. The van der Waals surface area contributed by atoms with Crippen molar-refractivity contribution < 1.29 is 4.74 Å². The van der Waals surface area contributed by atoms with Gasteiger partial charge >= 0.3 is 0 Å². The van der Waals surface area contributed by atoms with Crippen molar-refractivity contribution in [3.63, 3.8) is 0 Å². The van der Waals surface area contributed by atoms with E-state index in [1.165, 1.54) is 6.42 Å². The molecular formula is C11H25NO. The van der Waals surface area contributed by atoms with E-state index in [1.807, 2.05) is 6.92 Å². The Balaban J connectivity index is 3.61. The van der Waals surface area contributed by atoms with Gasteiger partial charge in [-0.3, -0.25) is 0 Å². The summed E-state index contributed by atoms with van der Waals surface area (Å²) < 4.78 is 5.30. The molecule has 0 saturated heterocycles. The first-order valence-corrected chi connectivity index (χ1v) is 5.30. The van der Waals surface area contributed by atoms with Gasteiger partial charge < -0.3 is 10.5 Å². The molecule has 1 unspecified atom stereocenters. The summed E-state index contributed by atoms with van der Waals surface area (Å²) in [4.78, 5) is 0. The molecule has 0 radical (unpaired) electrons. The third kappa shape index (κ3) is 6.05. The predicted molar refractivity (Wildman–Crippen MR) is 57.7 cm³/mol. The summed E-state index contributed by atoms with van der Waals surface area (Å²) in [5.41, 5.74) is 6.07. The third-order valence-corrected chi connectivity index (χ3v) is 2.55. The van der Waals surface area contributed by atoms with Crippen LogP contribution in [0.5, 0.6) is 0 Å². The molecule has 0 aromatic carbocycles. The zero-order chi connectivity index (χ0) is 10.3. The quantitative estimate of drug-likeness (QED) is 0.648. The van der Waals surface area contributed by atoms with Crippen molar-refractivity contribution in [2.75, 3.05) is 19.8 Å². The first-order valence-electron chi connectivity index (χ1n) is 5.30. The lowest BCUT2D eigenvalue weighted by Gasteiger charge is -2.29. The summed E-state index contributed by atoms with van der Waals surface area (Å²) in [5.74, 6) is 0.618. The van der Waals surface area contributed by atoms with Crippen molar-refractivity contribution in [3.05, 3.63) is 0 Å². The van der Waals surface area contributed by atoms with Crippen molar-refractivity contribution in [2.45, 2.75) is 40.5 Å². The monoisotopic (exact) mass is 187 g/mol. The van der Waals surface area contributed by atoms with Crippen LogP contribution in [0, 0.1) is 11.3 Å². The Hall–Kier alpha value is -0.0800. The van der Waals surface area contributed by atoms with E-state index in [9.17, 15) is 0 Å². The summed E-state index contributed by atoms with van der Waals surface area (Å²) in [6.07, 6.45) is 2.31. The SMILES string of the molecule is CCOCCCC(CN)C(C)(C)C. The van der Waals surface area contributed by atoms with Gasteiger partial charge in [0, 0.05) is 13.2 Å². The summed E-state index contributed by atoms with van der Waals surface area (Å²) in [5, 5.41) is 0. The second kappa shape index (κ2) is 6.39. The Morgan fingerprint density at radius 3 is 2.31 bits per heavy atom. The fourth-order valence-corrected chi connectivity index (χ4v) is 1.48. The maximum atomic E-state index is 5.73. The maximum absolute atomic E-state index is 5.73. The smallest absolute Gasteiger partial charge is 0.0466 e. The first-order chi connectivity index (χ1) is 6.02. The topological polar surface area (TPSA) is 35.2 Å². The molecule has 0 aliphatic carbocycles. The molecule has 0 fully saturated rings. The molecule has 0 spiro atoms. The highest BCUT2D eigenvalue weighted by Crippen LogP contribution is 2.28. The van der Waals surface area contributed by atoms with E-state index in [-0.39, 0.29) is 0 Å². The van der Waals surface area contributed by atoms with Crippen molar-refractivity contribution in [1.29, 1.82) is 0 Å². The molecule has 1 atom stereocenters. The van der Waals surface area contributed by atoms with Gasteiger partial charge in [0.05, 0.1) is 0 Å². The van der Waals surface area contributed by atoms with Crippen LogP contribution in [-0.4, -0.2) is 19.8 Å². The van der Waals surface area contributed by atoms with Crippen molar-refractivity contribution >= 4 is 0 Å². The normalized spacial score (nSPS) is 14.5. The van der Waals surface area contributed by atoms with E-state index in [4.69, 9.17) is 10.5 Å². The van der Waals surface area contributed by atoms with Gasteiger partial charge in [-0.15, -0.1) is 0 Å². The van der Waals surface area contributed by atoms with Gasteiger partial charge in [0.1, 0.15) is 0 Å². The van der Waals surface area contributed by atoms with Gasteiger partial charge in [-0.1, -0.05) is 20.8 Å². The molecule has 0 aliphatic rings. The van der Waals surface area contributed by atoms with E-state index < -0.39 is 0 Å². The molecule has 0 saturated carbocycles. The molecule has 80 valence electrons. The van der Waals surface area contributed by atoms with Crippen LogP contribution >= 0.6 is 0 Å². The van der Waals surface area contributed by atoms with E-state index in [0.717, 1.165) is 26.2 Å².